The zero-order valence-corrected chi connectivity index (χ0v) is 12.5. The Balaban J connectivity index is 2.47. The predicted molar refractivity (Wildman–Crippen MR) is 78.0 cm³/mol. The van der Waals surface area contributed by atoms with Gasteiger partial charge in [-0.05, 0) is 25.1 Å². The number of nitrogens with one attached hydrogen (secondary N) is 1. The Morgan fingerprint density at radius 3 is 2.14 bits per heavy atom. The van der Waals surface area contributed by atoms with Crippen LogP contribution < -0.4 is 4.74 Å². The van der Waals surface area contributed by atoms with Crippen LogP contribution in [0, 0.1) is 29.6 Å². The van der Waals surface area contributed by atoms with Crippen LogP contribution in [0.3, 0.4) is 0 Å². The summed E-state index contributed by atoms with van der Waals surface area (Å²) in [4.78, 5) is 0. The molecule has 1 aromatic heterocycles. The van der Waals surface area contributed by atoms with Gasteiger partial charge < -0.3 is 4.74 Å². The summed E-state index contributed by atoms with van der Waals surface area (Å²) < 4.78 is 5.90. The molecule has 0 spiro atoms. The molecule has 2 rings (SSSR count). The average molecular weight is 280 g/mol. The van der Waals surface area contributed by atoms with Gasteiger partial charge in [0.15, 0.2) is 5.75 Å². The molecule has 0 aliphatic heterocycles. The predicted octanol–water partition coefficient (Wildman–Crippen LogP) is 3.55. The van der Waals surface area contributed by atoms with Crippen LogP contribution in [0.25, 0.3) is 0 Å². The van der Waals surface area contributed by atoms with Crippen LogP contribution in [0.2, 0.25) is 0 Å². The maximum atomic E-state index is 9.01. The van der Waals surface area contributed by atoms with Crippen LogP contribution in [0.1, 0.15) is 43.3 Å². The van der Waals surface area contributed by atoms with E-state index in [4.69, 9.17) is 15.3 Å². The van der Waals surface area contributed by atoms with Crippen LogP contribution >= 0.6 is 0 Å². The highest BCUT2D eigenvalue weighted by Gasteiger charge is 2.24. The van der Waals surface area contributed by atoms with E-state index in [-0.39, 0.29) is 5.41 Å². The van der Waals surface area contributed by atoms with E-state index in [1.165, 1.54) is 6.07 Å². The Morgan fingerprint density at radius 1 is 1.10 bits per heavy atom. The Morgan fingerprint density at radius 2 is 1.67 bits per heavy atom. The van der Waals surface area contributed by atoms with Crippen molar-refractivity contribution in [2.75, 3.05) is 0 Å². The number of nitriles is 2. The van der Waals surface area contributed by atoms with Gasteiger partial charge in [-0.15, -0.1) is 0 Å². The number of H-pyrrole nitrogens is 1. The third-order valence-electron chi connectivity index (χ3n) is 2.99. The molecule has 1 N–H and O–H groups in total. The van der Waals surface area contributed by atoms with Crippen molar-refractivity contribution in [1.29, 1.82) is 10.5 Å². The molecule has 0 saturated carbocycles. The minimum absolute atomic E-state index is 0.176. The summed E-state index contributed by atoms with van der Waals surface area (Å²) in [5, 5.41) is 25.2. The second kappa shape index (κ2) is 5.30. The second-order valence-corrected chi connectivity index (χ2v) is 5.85. The molecule has 0 unspecified atom stereocenters. The maximum Gasteiger partial charge on any atom is 0.171 e. The van der Waals surface area contributed by atoms with E-state index in [9.17, 15) is 0 Å². The second-order valence-electron chi connectivity index (χ2n) is 5.85. The average Bonchev–Trinajstić information content (AvgIpc) is 2.79. The van der Waals surface area contributed by atoms with Crippen molar-refractivity contribution in [2.24, 2.45) is 0 Å². The highest BCUT2D eigenvalue weighted by molar-refractivity contribution is 5.48. The van der Waals surface area contributed by atoms with E-state index in [1.54, 1.807) is 12.1 Å². The molecule has 0 aliphatic rings. The molecule has 5 heteroatoms. The highest BCUT2D eigenvalue weighted by atomic mass is 16.5. The minimum Gasteiger partial charge on any atom is -0.453 e. The van der Waals surface area contributed by atoms with E-state index in [0.717, 1.165) is 11.4 Å². The summed E-state index contributed by atoms with van der Waals surface area (Å²) in [6, 6.07) is 8.80. The first-order valence-corrected chi connectivity index (χ1v) is 6.53. The molecule has 106 valence electrons. The van der Waals surface area contributed by atoms with Crippen LogP contribution in [0.4, 0.5) is 0 Å². The highest BCUT2D eigenvalue weighted by Crippen LogP contribution is 2.35. The van der Waals surface area contributed by atoms with Crippen LogP contribution in [-0.4, -0.2) is 10.2 Å². The lowest BCUT2D eigenvalue weighted by Crippen LogP contribution is -2.13. The number of hydrogen-bond donors (Lipinski definition) is 1. The van der Waals surface area contributed by atoms with Gasteiger partial charge in [-0.2, -0.15) is 15.6 Å². The maximum absolute atomic E-state index is 9.01. The first kappa shape index (κ1) is 14.6. The van der Waals surface area contributed by atoms with E-state index >= 15 is 0 Å². The fourth-order valence-corrected chi connectivity index (χ4v) is 1.96. The molecule has 5 nitrogen and oxygen atoms in total. The fraction of sp³-hybridized carbons (Fsp3) is 0.312. The number of nitrogens with zero attached hydrogens (tertiary/aromatic N) is 3. The lowest BCUT2D eigenvalue weighted by molar-refractivity contribution is 0.450. The molecule has 1 aromatic carbocycles. The number of hydrogen-bond acceptors (Lipinski definition) is 4. The van der Waals surface area contributed by atoms with Gasteiger partial charge in [-0.1, -0.05) is 20.8 Å². The summed E-state index contributed by atoms with van der Waals surface area (Å²) in [5.41, 5.74) is 2.22. The van der Waals surface area contributed by atoms with E-state index in [0.29, 0.717) is 22.6 Å². The molecule has 0 radical (unpaired) electrons. The quantitative estimate of drug-likeness (QED) is 0.911. The normalized spacial score (nSPS) is 10.8. The van der Waals surface area contributed by atoms with E-state index in [2.05, 4.69) is 10.2 Å². The molecule has 0 atom stereocenters. The molecular formula is C16H16N4O. The zero-order chi connectivity index (χ0) is 15.6. The fourth-order valence-electron chi connectivity index (χ4n) is 1.96. The van der Waals surface area contributed by atoms with Gasteiger partial charge >= 0.3 is 0 Å². The SMILES string of the molecule is Cc1[nH]nc(C(C)(C)C)c1Oc1cc(C#N)cc(C#N)c1. The molecule has 0 aliphatic carbocycles. The number of aryl methyl sites for hydroxylation is 1. The number of benzene rings is 1. The molecule has 1 heterocycles. The number of rotatable bonds is 2. The first-order chi connectivity index (χ1) is 9.85. The monoisotopic (exact) mass is 280 g/mol. The number of aromatic nitrogens is 2. The third kappa shape index (κ3) is 3.04. The number of ether oxygens (including phenoxy) is 1. The van der Waals surface area contributed by atoms with Crippen molar-refractivity contribution in [3.05, 3.63) is 40.7 Å². The molecule has 0 amide bonds. The van der Waals surface area contributed by atoms with Crippen molar-refractivity contribution in [3.63, 3.8) is 0 Å². The van der Waals surface area contributed by atoms with Gasteiger partial charge in [0, 0.05) is 5.41 Å². The molecule has 2 aromatic rings. The smallest absolute Gasteiger partial charge is 0.171 e. The summed E-state index contributed by atoms with van der Waals surface area (Å²) in [5.74, 6) is 1.10. The molecule has 0 bridgehead atoms. The lowest BCUT2D eigenvalue weighted by atomic mass is 9.91. The van der Waals surface area contributed by atoms with Gasteiger partial charge in [-0.25, -0.2) is 0 Å². The lowest BCUT2D eigenvalue weighted by Gasteiger charge is -2.17. The summed E-state index contributed by atoms with van der Waals surface area (Å²) >= 11 is 0. The molecule has 0 fully saturated rings. The van der Waals surface area contributed by atoms with E-state index < -0.39 is 0 Å². The topological polar surface area (TPSA) is 85.5 Å². The third-order valence-corrected chi connectivity index (χ3v) is 2.99. The summed E-state index contributed by atoms with van der Waals surface area (Å²) in [7, 11) is 0. The number of aromatic amines is 1. The largest absolute Gasteiger partial charge is 0.453 e. The Bertz CT molecular complexity index is 722. The van der Waals surface area contributed by atoms with Gasteiger partial charge in [0.1, 0.15) is 11.4 Å². The van der Waals surface area contributed by atoms with Crippen LogP contribution in [0.5, 0.6) is 11.5 Å². The van der Waals surface area contributed by atoms with Crippen molar-refractivity contribution in [1.82, 2.24) is 10.2 Å². The van der Waals surface area contributed by atoms with Gasteiger partial charge in [0.05, 0.1) is 29.0 Å². The zero-order valence-electron chi connectivity index (χ0n) is 12.5. The minimum atomic E-state index is -0.176. The summed E-state index contributed by atoms with van der Waals surface area (Å²) in [6.45, 7) is 8.00. The van der Waals surface area contributed by atoms with Crippen LogP contribution in [0.15, 0.2) is 18.2 Å². The Labute approximate surface area is 123 Å². The Kier molecular flexibility index (Phi) is 3.69. The van der Waals surface area contributed by atoms with Gasteiger partial charge in [-0.3, -0.25) is 5.10 Å². The first-order valence-electron chi connectivity index (χ1n) is 6.53. The standard InChI is InChI=1S/C16H16N4O/c1-10-14(15(20-19-10)16(2,3)4)21-13-6-11(8-17)5-12(7-13)9-18/h5-7H,1-4H3,(H,19,20). The van der Waals surface area contributed by atoms with Gasteiger partial charge in [0.25, 0.3) is 0 Å². The van der Waals surface area contributed by atoms with Gasteiger partial charge in [0.2, 0.25) is 0 Å². The van der Waals surface area contributed by atoms with Crippen molar-refractivity contribution < 1.29 is 4.74 Å². The molecule has 0 saturated heterocycles. The summed E-state index contributed by atoms with van der Waals surface area (Å²) in [6.07, 6.45) is 0. The van der Waals surface area contributed by atoms with Crippen molar-refractivity contribution in [2.45, 2.75) is 33.1 Å². The van der Waals surface area contributed by atoms with Crippen molar-refractivity contribution >= 4 is 0 Å². The van der Waals surface area contributed by atoms with E-state index in [1.807, 2.05) is 39.8 Å². The van der Waals surface area contributed by atoms with Crippen LogP contribution in [-0.2, 0) is 5.41 Å². The molecule has 21 heavy (non-hydrogen) atoms. The van der Waals surface area contributed by atoms with Crippen molar-refractivity contribution in [3.8, 4) is 23.6 Å². The molecular weight excluding hydrogens is 264 g/mol. The Hall–Kier alpha value is -2.79.